The van der Waals surface area contributed by atoms with Crippen LogP contribution >= 0.6 is 0 Å². The first-order valence-corrected chi connectivity index (χ1v) is 5.42. The van der Waals surface area contributed by atoms with Crippen LogP contribution in [0.5, 0.6) is 0 Å². The van der Waals surface area contributed by atoms with Gasteiger partial charge in [-0.25, -0.2) is 4.39 Å². The van der Waals surface area contributed by atoms with Gasteiger partial charge < -0.3 is 4.74 Å². The highest BCUT2D eigenvalue weighted by Crippen LogP contribution is 2.41. The van der Waals surface area contributed by atoms with Gasteiger partial charge in [-0.3, -0.25) is 4.90 Å². The van der Waals surface area contributed by atoms with Crippen LogP contribution in [-0.2, 0) is 4.74 Å². The van der Waals surface area contributed by atoms with Crippen molar-refractivity contribution in [1.82, 2.24) is 4.90 Å². The molecule has 0 spiro atoms. The van der Waals surface area contributed by atoms with Crippen molar-refractivity contribution in [3.05, 3.63) is 11.9 Å². The van der Waals surface area contributed by atoms with Crippen molar-refractivity contribution >= 4 is 0 Å². The summed E-state index contributed by atoms with van der Waals surface area (Å²) in [4.78, 5) is 2.38. The normalized spacial score (nSPS) is 35.4. The Hall–Kier alpha value is -0.410. The standard InChI is InChI=1S/C11H18FNO/c1-2-14-9-11-4-3-5-13(11)8-10(6-11)7-12/h7H,2-6,8-9H2,1H3/b10-7-. The summed E-state index contributed by atoms with van der Waals surface area (Å²) in [5, 5.41) is 0. The highest BCUT2D eigenvalue weighted by Gasteiger charge is 2.46. The Bertz CT molecular complexity index is 241. The number of hydrogen-bond acceptors (Lipinski definition) is 2. The summed E-state index contributed by atoms with van der Waals surface area (Å²) in [6, 6.07) is 0. The van der Waals surface area contributed by atoms with Crippen LogP contribution in [0.25, 0.3) is 0 Å². The molecule has 0 amide bonds. The molecule has 0 saturated carbocycles. The molecule has 0 aromatic carbocycles. The highest BCUT2D eigenvalue weighted by atomic mass is 19.1. The van der Waals surface area contributed by atoms with E-state index in [4.69, 9.17) is 4.74 Å². The van der Waals surface area contributed by atoms with Crippen LogP contribution in [0.1, 0.15) is 26.2 Å². The number of halogens is 1. The molecule has 0 aromatic rings. The molecule has 2 rings (SSSR count). The van der Waals surface area contributed by atoms with Crippen molar-refractivity contribution in [2.24, 2.45) is 0 Å². The Morgan fingerprint density at radius 1 is 1.64 bits per heavy atom. The maximum atomic E-state index is 12.5. The molecule has 80 valence electrons. The van der Waals surface area contributed by atoms with Crippen LogP contribution in [0.3, 0.4) is 0 Å². The Kier molecular flexibility index (Phi) is 2.88. The minimum atomic E-state index is 0.133. The van der Waals surface area contributed by atoms with Gasteiger partial charge in [-0.2, -0.15) is 0 Å². The van der Waals surface area contributed by atoms with Gasteiger partial charge in [0.15, 0.2) is 0 Å². The molecule has 1 unspecified atom stereocenters. The Morgan fingerprint density at radius 2 is 2.50 bits per heavy atom. The third kappa shape index (κ3) is 1.59. The van der Waals surface area contributed by atoms with Gasteiger partial charge in [0.25, 0.3) is 0 Å². The van der Waals surface area contributed by atoms with E-state index in [9.17, 15) is 4.39 Å². The molecule has 2 fully saturated rings. The fraction of sp³-hybridized carbons (Fsp3) is 0.818. The molecule has 3 heteroatoms. The van der Waals surface area contributed by atoms with Crippen LogP contribution in [0, 0.1) is 0 Å². The van der Waals surface area contributed by atoms with Crippen LogP contribution < -0.4 is 0 Å². The van der Waals surface area contributed by atoms with E-state index in [1.807, 2.05) is 6.92 Å². The number of hydrogen-bond donors (Lipinski definition) is 0. The van der Waals surface area contributed by atoms with Gasteiger partial charge in [0.2, 0.25) is 0 Å². The van der Waals surface area contributed by atoms with E-state index >= 15 is 0 Å². The summed E-state index contributed by atoms with van der Waals surface area (Å²) in [5.74, 6) is 0. The number of ether oxygens (including phenoxy) is 1. The van der Waals surface area contributed by atoms with E-state index in [-0.39, 0.29) is 5.54 Å². The van der Waals surface area contributed by atoms with E-state index in [1.54, 1.807) is 0 Å². The van der Waals surface area contributed by atoms with Gasteiger partial charge in [0.05, 0.1) is 12.9 Å². The minimum absolute atomic E-state index is 0.133. The quantitative estimate of drug-likeness (QED) is 0.690. The second-order valence-electron chi connectivity index (χ2n) is 4.33. The van der Waals surface area contributed by atoms with Crippen molar-refractivity contribution in [2.45, 2.75) is 31.7 Å². The van der Waals surface area contributed by atoms with E-state index in [1.165, 1.54) is 6.42 Å². The molecule has 2 aliphatic rings. The molecule has 2 aliphatic heterocycles. The molecular formula is C11H18FNO. The van der Waals surface area contributed by atoms with Crippen molar-refractivity contribution in [3.8, 4) is 0 Å². The van der Waals surface area contributed by atoms with Gasteiger partial charge in [0, 0.05) is 18.7 Å². The predicted octanol–water partition coefficient (Wildman–Crippen LogP) is 2.11. The second-order valence-corrected chi connectivity index (χ2v) is 4.33. The first kappa shape index (κ1) is 10.1. The fourth-order valence-electron chi connectivity index (χ4n) is 2.74. The second kappa shape index (κ2) is 3.99. The third-order valence-electron chi connectivity index (χ3n) is 3.42. The molecule has 0 aromatic heterocycles. The average Bonchev–Trinajstić information content (AvgIpc) is 2.70. The zero-order valence-corrected chi connectivity index (χ0v) is 8.76. The van der Waals surface area contributed by atoms with E-state index in [2.05, 4.69) is 4.90 Å². The lowest BCUT2D eigenvalue weighted by Gasteiger charge is -2.30. The maximum Gasteiger partial charge on any atom is 0.0872 e. The van der Waals surface area contributed by atoms with Gasteiger partial charge in [0.1, 0.15) is 0 Å². The summed E-state index contributed by atoms with van der Waals surface area (Å²) in [7, 11) is 0. The predicted molar refractivity (Wildman–Crippen MR) is 53.8 cm³/mol. The molecule has 0 N–H and O–H groups in total. The molecule has 2 nitrogen and oxygen atoms in total. The Morgan fingerprint density at radius 3 is 3.21 bits per heavy atom. The summed E-state index contributed by atoms with van der Waals surface area (Å²) >= 11 is 0. The van der Waals surface area contributed by atoms with Crippen molar-refractivity contribution in [3.63, 3.8) is 0 Å². The third-order valence-corrected chi connectivity index (χ3v) is 3.42. The molecule has 1 atom stereocenters. The van der Waals surface area contributed by atoms with Crippen LogP contribution in [-0.4, -0.2) is 36.7 Å². The van der Waals surface area contributed by atoms with Crippen LogP contribution in [0.4, 0.5) is 4.39 Å². The zero-order chi connectivity index (χ0) is 10.0. The maximum absolute atomic E-state index is 12.5. The van der Waals surface area contributed by atoms with Crippen LogP contribution in [0.2, 0.25) is 0 Å². The molecule has 0 bridgehead atoms. The monoisotopic (exact) mass is 199 g/mol. The topological polar surface area (TPSA) is 12.5 Å². The lowest BCUT2D eigenvalue weighted by atomic mass is 9.94. The lowest BCUT2D eigenvalue weighted by Crippen LogP contribution is -2.42. The zero-order valence-electron chi connectivity index (χ0n) is 8.76. The molecule has 0 radical (unpaired) electrons. The number of fused-ring (bicyclic) bond motifs is 1. The van der Waals surface area contributed by atoms with Crippen molar-refractivity contribution in [2.75, 3.05) is 26.3 Å². The van der Waals surface area contributed by atoms with Crippen LogP contribution in [0.15, 0.2) is 11.9 Å². The first-order valence-electron chi connectivity index (χ1n) is 5.42. The molecule has 0 aliphatic carbocycles. The fourth-order valence-corrected chi connectivity index (χ4v) is 2.74. The summed E-state index contributed by atoms with van der Waals surface area (Å²) < 4.78 is 18.0. The van der Waals surface area contributed by atoms with Crippen molar-refractivity contribution < 1.29 is 9.13 Å². The van der Waals surface area contributed by atoms with E-state index in [0.29, 0.717) is 0 Å². The smallest absolute Gasteiger partial charge is 0.0872 e. The van der Waals surface area contributed by atoms with E-state index in [0.717, 1.165) is 51.0 Å². The molecular weight excluding hydrogens is 181 g/mol. The summed E-state index contributed by atoms with van der Waals surface area (Å²) in [6.45, 7) is 5.44. The molecule has 14 heavy (non-hydrogen) atoms. The molecule has 2 saturated heterocycles. The van der Waals surface area contributed by atoms with Gasteiger partial charge in [-0.1, -0.05) is 0 Å². The average molecular weight is 199 g/mol. The van der Waals surface area contributed by atoms with Crippen molar-refractivity contribution in [1.29, 1.82) is 0 Å². The summed E-state index contributed by atoms with van der Waals surface area (Å²) in [5.41, 5.74) is 1.07. The Balaban J connectivity index is 2.06. The Labute approximate surface area is 84.7 Å². The van der Waals surface area contributed by atoms with Gasteiger partial charge >= 0.3 is 0 Å². The number of nitrogens with zero attached hydrogens (tertiary/aromatic N) is 1. The molecule has 2 heterocycles. The van der Waals surface area contributed by atoms with E-state index < -0.39 is 0 Å². The van der Waals surface area contributed by atoms with Gasteiger partial charge in [-0.15, -0.1) is 0 Å². The highest BCUT2D eigenvalue weighted by molar-refractivity contribution is 5.19. The lowest BCUT2D eigenvalue weighted by molar-refractivity contribution is 0.0418. The minimum Gasteiger partial charge on any atom is -0.380 e. The SMILES string of the molecule is CCOCC12CCCN1C/C(=C\F)C2. The number of rotatable bonds is 3. The summed E-state index contributed by atoms with van der Waals surface area (Å²) in [6.07, 6.45) is 4.03. The first-order chi connectivity index (χ1) is 6.80. The van der Waals surface area contributed by atoms with Gasteiger partial charge in [-0.05, 0) is 38.3 Å². The largest absolute Gasteiger partial charge is 0.380 e.